The van der Waals surface area contributed by atoms with Crippen LogP contribution in [0.15, 0.2) is 12.4 Å². The minimum atomic E-state index is -0.790. The molecule has 0 bridgehead atoms. The maximum Gasteiger partial charge on any atom is 0.498 e. The molecule has 26 heavy (non-hydrogen) atoms. The van der Waals surface area contributed by atoms with Gasteiger partial charge in [-0.2, -0.15) is 0 Å². The monoisotopic (exact) mass is 380 g/mol. The second-order valence-electron chi connectivity index (χ2n) is 10.6. The maximum absolute atomic E-state index is 6.10. The highest BCUT2D eigenvalue weighted by Gasteiger charge is 2.52. The van der Waals surface area contributed by atoms with Crippen molar-refractivity contribution in [3.05, 3.63) is 18.2 Å². The van der Waals surface area contributed by atoms with Gasteiger partial charge in [0.05, 0.1) is 11.2 Å². The van der Waals surface area contributed by atoms with Gasteiger partial charge in [-0.3, -0.25) is 0 Å². The lowest BCUT2D eigenvalue weighted by Gasteiger charge is -2.48. The lowest BCUT2D eigenvalue weighted by Crippen LogP contribution is -2.41. The molecule has 1 fully saturated rings. The van der Waals surface area contributed by atoms with Crippen molar-refractivity contribution < 1.29 is 9.31 Å². The molecule has 2 heterocycles. The van der Waals surface area contributed by atoms with Crippen LogP contribution in [0.3, 0.4) is 0 Å². The van der Waals surface area contributed by atoms with Crippen molar-refractivity contribution >= 4 is 22.6 Å². The summed E-state index contributed by atoms with van der Waals surface area (Å²) in [6.07, 6.45) is 8.55. The van der Waals surface area contributed by atoms with Crippen LogP contribution in [-0.4, -0.2) is 51.3 Å². The molecule has 0 saturated carbocycles. The van der Waals surface area contributed by atoms with E-state index in [4.69, 9.17) is 19.3 Å². The molecule has 1 aliphatic heterocycles. The van der Waals surface area contributed by atoms with E-state index in [-0.39, 0.29) is 16.6 Å². The van der Waals surface area contributed by atoms with Crippen LogP contribution in [0.1, 0.15) is 68.1 Å². The predicted molar refractivity (Wildman–Crippen MR) is 115 cm³/mol. The van der Waals surface area contributed by atoms with Gasteiger partial charge in [-0.25, -0.2) is 20.0 Å². The average Bonchev–Trinajstić information content (AvgIpc) is 2.65. The summed E-state index contributed by atoms with van der Waals surface area (Å²) in [5.41, 5.74) is 0.108. The molecule has 1 aliphatic rings. The lowest BCUT2D eigenvalue weighted by molar-refractivity contribution is 0.00578. The molecule has 2 rings (SSSR count). The summed E-state index contributed by atoms with van der Waals surface area (Å²) >= 11 is 0. The topological polar surface area (TPSA) is 44.2 Å². The molecule has 4 nitrogen and oxygen atoms in total. The summed E-state index contributed by atoms with van der Waals surface area (Å²) in [7, 11) is -1.20. The zero-order valence-electron chi connectivity index (χ0n) is 18.6. The molecule has 0 amide bonds. The zero-order chi connectivity index (χ0) is 20.2. The summed E-state index contributed by atoms with van der Waals surface area (Å²) < 4.78 is 12.5. The van der Waals surface area contributed by atoms with E-state index in [0.29, 0.717) is 4.75 Å². The van der Waals surface area contributed by atoms with Crippen LogP contribution in [0, 0.1) is 0 Å². The Labute approximate surface area is 162 Å². The van der Waals surface area contributed by atoms with Crippen LogP contribution in [0.5, 0.6) is 0 Å². The average molecular weight is 380 g/mol. The minimum absolute atomic E-state index is 0.0689. The van der Waals surface area contributed by atoms with E-state index in [1.165, 1.54) is 0 Å². The van der Waals surface area contributed by atoms with E-state index < -0.39 is 17.1 Å². The van der Waals surface area contributed by atoms with Crippen molar-refractivity contribution in [1.82, 2.24) is 9.97 Å². The van der Waals surface area contributed by atoms with Crippen molar-refractivity contribution in [2.75, 3.05) is 18.3 Å². The van der Waals surface area contributed by atoms with E-state index in [1.807, 2.05) is 12.4 Å². The Morgan fingerprint density at radius 2 is 1.35 bits per heavy atom. The standard InChI is InChI=1S/C20H37BN2O2S/c1-17(2,3)26(10,11)14-18(4,5)16-22-12-15(13-23-16)21-24-19(6,7)20(8,9)25-21/h12-13H,14H2,1-11H3. The maximum atomic E-state index is 6.10. The molecule has 148 valence electrons. The van der Waals surface area contributed by atoms with E-state index in [1.54, 1.807) is 0 Å². The van der Waals surface area contributed by atoms with Gasteiger partial charge in [-0.15, -0.1) is 0 Å². The van der Waals surface area contributed by atoms with Crippen molar-refractivity contribution in [2.45, 2.75) is 83.7 Å². The highest BCUT2D eigenvalue weighted by molar-refractivity contribution is 8.33. The quantitative estimate of drug-likeness (QED) is 0.743. The van der Waals surface area contributed by atoms with E-state index in [2.05, 4.69) is 74.8 Å². The van der Waals surface area contributed by atoms with Gasteiger partial charge in [0, 0.05) is 23.3 Å². The van der Waals surface area contributed by atoms with Gasteiger partial charge in [-0.1, -0.05) is 34.6 Å². The van der Waals surface area contributed by atoms with Gasteiger partial charge in [0.1, 0.15) is 5.82 Å². The van der Waals surface area contributed by atoms with Crippen molar-refractivity contribution in [1.29, 1.82) is 0 Å². The summed E-state index contributed by atoms with van der Waals surface area (Å²) in [6.45, 7) is 19.7. The highest BCUT2D eigenvalue weighted by atomic mass is 32.3. The summed E-state index contributed by atoms with van der Waals surface area (Å²) in [6, 6.07) is 0. The third-order valence-electron chi connectivity index (χ3n) is 6.18. The molecule has 1 aromatic heterocycles. The molecular weight excluding hydrogens is 343 g/mol. The molecule has 0 aliphatic carbocycles. The predicted octanol–water partition coefficient (Wildman–Crippen LogP) is 3.92. The van der Waals surface area contributed by atoms with E-state index in [0.717, 1.165) is 17.0 Å². The molecular formula is C20H37BN2O2S. The number of hydrogen-bond donors (Lipinski definition) is 0. The molecule has 0 spiro atoms. The SMILES string of the molecule is CC(C)(CS(C)(C)C(C)(C)C)c1ncc(B2OC(C)(C)C(C)(C)O2)cn1. The Kier molecular flexibility index (Phi) is 5.42. The Balaban J connectivity index is 2.19. The fraction of sp³-hybridized carbons (Fsp3) is 0.800. The molecule has 1 aromatic rings. The van der Waals surface area contributed by atoms with Crippen LogP contribution in [-0.2, 0) is 14.7 Å². The molecule has 1 saturated heterocycles. The second kappa shape index (κ2) is 6.49. The normalized spacial score (nSPS) is 21.1. The first-order chi connectivity index (χ1) is 11.5. The fourth-order valence-electron chi connectivity index (χ4n) is 2.97. The van der Waals surface area contributed by atoms with Crippen molar-refractivity contribution in [2.24, 2.45) is 0 Å². The first-order valence-electron chi connectivity index (χ1n) is 9.37. The van der Waals surface area contributed by atoms with Crippen LogP contribution in [0.2, 0.25) is 0 Å². The zero-order valence-corrected chi connectivity index (χ0v) is 19.4. The summed E-state index contributed by atoms with van der Waals surface area (Å²) in [5.74, 6) is 1.99. The number of nitrogens with zero attached hydrogens (tertiary/aromatic N) is 2. The molecule has 6 heteroatoms. The molecule has 0 N–H and O–H groups in total. The Hall–Kier alpha value is -0.585. The third-order valence-corrected chi connectivity index (χ3v) is 10.9. The molecule has 0 radical (unpaired) electrons. The van der Waals surface area contributed by atoms with Crippen molar-refractivity contribution in [3.63, 3.8) is 0 Å². The van der Waals surface area contributed by atoms with Gasteiger partial charge in [0.15, 0.2) is 0 Å². The first-order valence-corrected chi connectivity index (χ1v) is 12.0. The van der Waals surface area contributed by atoms with Gasteiger partial charge in [-0.05, 0) is 50.7 Å². The second-order valence-corrected chi connectivity index (χ2v) is 15.2. The molecule has 0 unspecified atom stereocenters. The smallest absolute Gasteiger partial charge is 0.399 e. The van der Waals surface area contributed by atoms with Gasteiger partial charge in [0.25, 0.3) is 0 Å². The Morgan fingerprint density at radius 3 is 1.73 bits per heavy atom. The first kappa shape index (κ1) is 21.7. The Morgan fingerprint density at radius 1 is 0.923 bits per heavy atom. The summed E-state index contributed by atoms with van der Waals surface area (Å²) in [4.78, 5) is 9.40. The van der Waals surface area contributed by atoms with Gasteiger partial charge >= 0.3 is 7.12 Å². The highest BCUT2D eigenvalue weighted by Crippen LogP contribution is 2.55. The van der Waals surface area contributed by atoms with Crippen LogP contribution < -0.4 is 5.46 Å². The van der Waals surface area contributed by atoms with Crippen LogP contribution in [0.25, 0.3) is 0 Å². The number of aromatic nitrogens is 2. The van der Waals surface area contributed by atoms with E-state index in [9.17, 15) is 0 Å². The fourth-order valence-corrected chi connectivity index (χ4v) is 5.34. The molecule has 0 atom stereocenters. The van der Waals surface area contributed by atoms with Gasteiger partial charge in [0.2, 0.25) is 0 Å². The number of rotatable bonds is 4. The van der Waals surface area contributed by atoms with E-state index >= 15 is 0 Å². The largest absolute Gasteiger partial charge is 0.498 e. The van der Waals surface area contributed by atoms with Gasteiger partial charge < -0.3 is 9.31 Å². The van der Waals surface area contributed by atoms with Crippen molar-refractivity contribution in [3.8, 4) is 0 Å². The van der Waals surface area contributed by atoms with Crippen LogP contribution >= 0.6 is 10.0 Å². The number of hydrogen-bond acceptors (Lipinski definition) is 4. The van der Waals surface area contributed by atoms with Crippen LogP contribution in [0.4, 0.5) is 0 Å². The summed E-state index contributed by atoms with van der Waals surface area (Å²) in [5, 5.41) is 0. The third kappa shape index (κ3) is 4.12. The minimum Gasteiger partial charge on any atom is -0.399 e. The lowest BCUT2D eigenvalue weighted by atomic mass is 9.81. The molecule has 0 aromatic carbocycles. The Bertz CT molecular complexity index is 633.